The van der Waals surface area contributed by atoms with E-state index in [1.54, 1.807) is 34.6 Å². The molecule has 0 aliphatic rings. The maximum atomic E-state index is 11.0. The number of rotatable bonds is 12. The van der Waals surface area contributed by atoms with Crippen molar-refractivity contribution in [2.75, 3.05) is 18.3 Å². The molecule has 252 valence electrons. The molecule has 0 aromatic rings. The molecule has 8 nitrogen and oxygen atoms in total. The molecule has 0 unspecified atom stereocenters. The summed E-state index contributed by atoms with van der Waals surface area (Å²) in [5.41, 5.74) is -1.43. The Hall–Kier alpha value is -0.780. The molecular formula is C32H64O8S2. The number of ether oxygens (including phenoxy) is 4. The van der Waals surface area contributed by atoms with E-state index in [4.69, 9.17) is 18.9 Å². The lowest BCUT2D eigenvalue weighted by atomic mass is 10.0. The van der Waals surface area contributed by atoms with Gasteiger partial charge in [0.2, 0.25) is 0 Å². The predicted molar refractivity (Wildman–Crippen MR) is 179 cm³/mol. The molecule has 0 heterocycles. The molecule has 0 saturated heterocycles. The van der Waals surface area contributed by atoms with Crippen LogP contribution in [0.4, 0.5) is 0 Å². The second-order valence-corrected chi connectivity index (χ2v) is 15.7. The van der Waals surface area contributed by atoms with Crippen LogP contribution in [0.15, 0.2) is 0 Å². The van der Waals surface area contributed by atoms with Crippen LogP contribution in [0.5, 0.6) is 0 Å². The van der Waals surface area contributed by atoms with Gasteiger partial charge in [-0.2, -0.15) is 0 Å². The van der Waals surface area contributed by atoms with Gasteiger partial charge in [0.15, 0.2) is 16.0 Å². The van der Waals surface area contributed by atoms with Crippen LogP contribution in [-0.2, 0) is 38.1 Å². The normalized spacial score (nSPS) is 11.9. The molecule has 0 aromatic heterocycles. The smallest absolute Gasteiger partial charge is 0.188 e. The van der Waals surface area contributed by atoms with E-state index in [9.17, 15) is 19.2 Å². The summed E-state index contributed by atoms with van der Waals surface area (Å²) in [4.78, 5) is 42.6. The van der Waals surface area contributed by atoms with Crippen LogP contribution >= 0.6 is 23.5 Å². The van der Waals surface area contributed by atoms with E-state index in [2.05, 4.69) is 0 Å². The van der Waals surface area contributed by atoms with Crippen molar-refractivity contribution in [3.05, 3.63) is 0 Å². The van der Waals surface area contributed by atoms with Gasteiger partial charge in [0.1, 0.15) is 11.4 Å². The first-order valence-electron chi connectivity index (χ1n) is 14.4. The first-order valence-corrected chi connectivity index (χ1v) is 16.4. The van der Waals surface area contributed by atoms with Crippen molar-refractivity contribution in [3.63, 3.8) is 0 Å². The summed E-state index contributed by atoms with van der Waals surface area (Å²) in [5.74, 6) is 1.48. The quantitative estimate of drug-likeness (QED) is 0.154. The highest BCUT2D eigenvalue weighted by Crippen LogP contribution is 2.23. The van der Waals surface area contributed by atoms with E-state index < -0.39 is 5.60 Å². The number of hydrogen-bond donors (Lipinski definition) is 0. The Kier molecular flexibility index (Phi) is 27.0. The van der Waals surface area contributed by atoms with Crippen LogP contribution in [-0.4, -0.2) is 74.7 Å². The maximum Gasteiger partial charge on any atom is 0.188 e. The highest BCUT2D eigenvalue weighted by Gasteiger charge is 2.30. The number of hydrogen-bond acceptors (Lipinski definition) is 10. The summed E-state index contributed by atoms with van der Waals surface area (Å²) in [6, 6.07) is 0. The van der Waals surface area contributed by atoms with Gasteiger partial charge in [-0.1, -0.05) is 23.5 Å². The average Bonchev–Trinajstić information content (AvgIpc) is 2.67. The molecule has 0 rings (SSSR count). The van der Waals surface area contributed by atoms with Crippen LogP contribution in [0.25, 0.3) is 0 Å². The summed E-state index contributed by atoms with van der Waals surface area (Å²) in [6.45, 7) is 34.1. The highest BCUT2D eigenvalue weighted by atomic mass is 32.2. The van der Waals surface area contributed by atoms with Crippen LogP contribution < -0.4 is 0 Å². The zero-order valence-corrected chi connectivity index (χ0v) is 31.7. The molecule has 0 aliphatic heterocycles. The summed E-state index contributed by atoms with van der Waals surface area (Å²) in [6.07, 6.45) is 0.967. The van der Waals surface area contributed by atoms with Gasteiger partial charge < -0.3 is 18.9 Å². The maximum absolute atomic E-state index is 11.0. The highest BCUT2D eigenvalue weighted by molar-refractivity contribution is 8.13. The fourth-order valence-electron chi connectivity index (χ4n) is 3.02. The second-order valence-electron chi connectivity index (χ2n) is 13.4. The van der Waals surface area contributed by atoms with Crippen LogP contribution in [0.1, 0.15) is 131 Å². The van der Waals surface area contributed by atoms with Crippen molar-refractivity contribution in [1.82, 2.24) is 0 Å². The third kappa shape index (κ3) is 46.2. The van der Waals surface area contributed by atoms with Crippen LogP contribution in [0.3, 0.4) is 0 Å². The number of thioether (sulfide) groups is 2. The third-order valence-electron chi connectivity index (χ3n) is 4.17. The summed E-state index contributed by atoms with van der Waals surface area (Å²) >= 11 is 2.51. The minimum Gasteiger partial charge on any atom is -0.378 e. The van der Waals surface area contributed by atoms with E-state index in [1.165, 1.54) is 30.4 Å². The van der Waals surface area contributed by atoms with E-state index >= 15 is 0 Å². The molecule has 42 heavy (non-hydrogen) atoms. The van der Waals surface area contributed by atoms with Gasteiger partial charge in [-0.3, -0.25) is 19.2 Å². The topological polar surface area (TPSA) is 105 Å². The summed E-state index contributed by atoms with van der Waals surface area (Å²) < 4.78 is 21.6. The van der Waals surface area contributed by atoms with E-state index in [1.807, 2.05) is 83.1 Å². The molecule has 0 amide bonds. The third-order valence-corrected chi connectivity index (χ3v) is 5.61. The Morgan fingerprint density at radius 3 is 1.29 bits per heavy atom. The first kappa shape index (κ1) is 48.1. The van der Waals surface area contributed by atoms with E-state index in [0.717, 1.165) is 5.75 Å². The Bertz CT molecular complexity index is 761. The largest absolute Gasteiger partial charge is 0.378 e. The molecule has 0 N–H and O–H groups in total. The van der Waals surface area contributed by atoms with Crippen LogP contribution in [0.2, 0.25) is 0 Å². The van der Waals surface area contributed by atoms with Gasteiger partial charge in [0, 0.05) is 26.0 Å². The number of carbonyl (C=O) groups is 4. The zero-order chi connectivity index (χ0) is 34.5. The fourth-order valence-corrected chi connectivity index (χ4v) is 4.00. The van der Waals surface area contributed by atoms with Gasteiger partial charge in [-0.05, 0) is 111 Å². The van der Waals surface area contributed by atoms with Gasteiger partial charge in [0.25, 0.3) is 0 Å². The molecule has 0 aliphatic carbocycles. The van der Waals surface area contributed by atoms with Gasteiger partial charge in [-0.15, -0.1) is 0 Å². The molecule has 0 aromatic carbocycles. The van der Waals surface area contributed by atoms with Crippen molar-refractivity contribution < 1.29 is 38.1 Å². The van der Waals surface area contributed by atoms with Gasteiger partial charge >= 0.3 is 0 Å². The summed E-state index contributed by atoms with van der Waals surface area (Å²) in [5, 5.41) is 0.267. The molecule has 10 heteroatoms. The fraction of sp³-hybridized carbons (Fsp3) is 0.875. The standard InChI is InChI=1S/C10H20O2.C9H18O2.C7H14O2S.C6H12O2S/c1-8(11)7-10(5,6)12-9(2,3)4;1-7(10)9(5,6)11-8(2,3)4;1-6(2)9-4-5-10-7(3)8;1-5(2)8-4-9-6(3)7/h7H2,1-6H3;1-6H3;6H,4-5H2,1-3H3;5H,4H2,1-3H3. The minimum absolute atomic E-state index is 0.0624. The number of ketones is 2. The molecule has 0 atom stereocenters. The first-order chi connectivity index (χ1) is 18.5. The second kappa shape index (κ2) is 23.6. The minimum atomic E-state index is -0.655. The van der Waals surface area contributed by atoms with Crippen molar-refractivity contribution in [3.8, 4) is 0 Å². The number of Topliss-reactive ketones (excluding diaryl/α,β-unsaturated/α-hetero) is 2. The van der Waals surface area contributed by atoms with Crippen molar-refractivity contribution in [2.24, 2.45) is 0 Å². The molecule has 0 bridgehead atoms. The lowest BCUT2D eigenvalue weighted by Crippen LogP contribution is -2.40. The van der Waals surface area contributed by atoms with Gasteiger partial charge in [0.05, 0.1) is 41.6 Å². The zero-order valence-electron chi connectivity index (χ0n) is 30.1. The molecule has 0 radical (unpaired) electrons. The lowest BCUT2D eigenvalue weighted by Gasteiger charge is -2.33. The molecular weight excluding hydrogens is 576 g/mol. The Labute approximate surface area is 266 Å². The predicted octanol–water partition coefficient (Wildman–Crippen LogP) is 8.07. The molecule has 0 saturated carbocycles. The average molecular weight is 641 g/mol. The van der Waals surface area contributed by atoms with Crippen molar-refractivity contribution >= 4 is 45.3 Å². The molecule has 0 fully saturated rings. The van der Waals surface area contributed by atoms with Crippen LogP contribution in [0, 0.1) is 0 Å². The Balaban J connectivity index is -0.000000230. The van der Waals surface area contributed by atoms with Gasteiger partial charge in [-0.25, -0.2) is 0 Å². The van der Waals surface area contributed by atoms with E-state index in [0.29, 0.717) is 19.0 Å². The molecule has 0 spiro atoms. The van der Waals surface area contributed by atoms with Crippen molar-refractivity contribution in [2.45, 2.75) is 166 Å². The Morgan fingerprint density at radius 2 is 1.02 bits per heavy atom. The van der Waals surface area contributed by atoms with E-state index in [-0.39, 0.29) is 50.8 Å². The number of carbonyl (C=O) groups excluding carboxylic acids is 4. The monoisotopic (exact) mass is 640 g/mol. The lowest BCUT2D eigenvalue weighted by molar-refractivity contribution is -0.155. The Morgan fingerprint density at radius 1 is 0.619 bits per heavy atom. The summed E-state index contributed by atoms with van der Waals surface area (Å²) in [7, 11) is 0. The SMILES string of the molecule is CC(=O)C(C)(C)OC(C)(C)C.CC(=O)CC(C)(C)OC(C)(C)C.CC(=O)SCCOC(C)C.CC(=O)SCOC(C)C. The van der Waals surface area contributed by atoms with Crippen molar-refractivity contribution in [1.29, 1.82) is 0 Å².